The molecule has 2 aromatic rings. The standard InChI is InChI=1S/C10H11N3O2S/c1-2-11-8(14)5-13-6-12-9-7(10(13)15)3-4-16-9/h3-4,6H,2,5H2,1H3,(H,11,14). The van der Waals surface area contributed by atoms with Crippen molar-refractivity contribution in [3.63, 3.8) is 0 Å². The second kappa shape index (κ2) is 4.44. The average molecular weight is 237 g/mol. The Bertz CT molecular complexity index is 573. The number of carbonyl (C=O) groups excluding carboxylic acids is 1. The lowest BCUT2D eigenvalue weighted by molar-refractivity contribution is -0.121. The lowest BCUT2D eigenvalue weighted by Gasteiger charge is -2.04. The highest BCUT2D eigenvalue weighted by Gasteiger charge is 2.07. The number of fused-ring (bicyclic) bond motifs is 1. The zero-order chi connectivity index (χ0) is 11.5. The SMILES string of the molecule is CCNC(=O)Cn1cnc2sccc2c1=O. The van der Waals surface area contributed by atoms with Crippen LogP contribution in [0.5, 0.6) is 0 Å². The van der Waals surface area contributed by atoms with Crippen LogP contribution in [0.4, 0.5) is 0 Å². The molecule has 0 fully saturated rings. The van der Waals surface area contributed by atoms with Gasteiger partial charge in [0, 0.05) is 6.54 Å². The summed E-state index contributed by atoms with van der Waals surface area (Å²) in [6.07, 6.45) is 1.41. The molecule has 1 amide bonds. The third kappa shape index (κ3) is 1.96. The highest BCUT2D eigenvalue weighted by Crippen LogP contribution is 2.12. The highest BCUT2D eigenvalue weighted by atomic mass is 32.1. The summed E-state index contributed by atoms with van der Waals surface area (Å²) in [4.78, 5) is 28.0. The van der Waals surface area contributed by atoms with Crippen molar-refractivity contribution in [3.05, 3.63) is 28.1 Å². The van der Waals surface area contributed by atoms with Gasteiger partial charge in [-0.1, -0.05) is 0 Å². The average Bonchev–Trinajstić information content (AvgIpc) is 2.71. The monoisotopic (exact) mass is 237 g/mol. The Balaban J connectivity index is 2.34. The fraction of sp³-hybridized carbons (Fsp3) is 0.300. The van der Waals surface area contributed by atoms with Crippen LogP contribution in [0.1, 0.15) is 6.92 Å². The third-order valence-electron chi connectivity index (χ3n) is 2.14. The fourth-order valence-electron chi connectivity index (χ4n) is 1.41. The quantitative estimate of drug-likeness (QED) is 0.850. The van der Waals surface area contributed by atoms with E-state index in [2.05, 4.69) is 10.3 Å². The number of likely N-dealkylation sites (N-methyl/N-ethyl adjacent to an activating group) is 1. The topological polar surface area (TPSA) is 64.0 Å². The predicted octanol–water partition coefficient (Wildman–Crippen LogP) is 0.594. The second-order valence-electron chi connectivity index (χ2n) is 3.27. The summed E-state index contributed by atoms with van der Waals surface area (Å²) in [6.45, 7) is 2.41. The molecule has 5 nitrogen and oxygen atoms in total. The predicted molar refractivity (Wildman–Crippen MR) is 62.6 cm³/mol. The minimum atomic E-state index is -0.180. The van der Waals surface area contributed by atoms with Crippen molar-refractivity contribution < 1.29 is 4.79 Å². The van der Waals surface area contributed by atoms with Crippen molar-refractivity contribution in [1.82, 2.24) is 14.9 Å². The van der Waals surface area contributed by atoms with Gasteiger partial charge >= 0.3 is 0 Å². The van der Waals surface area contributed by atoms with Gasteiger partial charge in [-0.15, -0.1) is 11.3 Å². The van der Waals surface area contributed by atoms with Crippen molar-refractivity contribution in [2.75, 3.05) is 6.54 Å². The first-order valence-electron chi connectivity index (χ1n) is 4.91. The molecular formula is C10H11N3O2S. The molecule has 0 aromatic carbocycles. The molecule has 2 heterocycles. The largest absolute Gasteiger partial charge is 0.355 e. The first-order valence-corrected chi connectivity index (χ1v) is 5.79. The maximum absolute atomic E-state index is 11.9. The first kappa shape index (κ1) is 10.8. The number of thiophene rings is 1. The van der Waals surface area contributed by atoms with Crippen molar-refractivity contribution in [3.8, 4) is 0 Å². The van der Waals surface area contributed by atoms with Crippen LogP contribution in [0.2, 0.25) is 0 Å². The van der Waals surface area contributed by atoms with Crippen molar-refractivity contribution >= 4 is 27.5 Å². The van der Waals surface area contributed by atoms with E-state index >= 15 is 0 Å². The van der Waals surface area contributed by atoms with Crippen LogP contribution in [-0.4, -0.2) is 22.0 Å². The molecule has 16 heavy (non-hydrogen) atoms. The summed E-state index contributed by atoms with van der Waals surface area (Å²) in [5.41, 5.74) is -0.169. The number of rotatable bonds is 3. The van der Waals surface area contributed by atoms with E-state index in [1.54, 1.807) is 6.07 Å². The van der Waals surface area contributed by atoms with Gasteiger partial charge in [-0.3, -0.25) is 14.2 Å². The summed E-state index contributed by atoms with van der Waals surface area (Å²) < 4.78 is 1.32. The molecule has 0 aliphatic carbocycles. The summed E-state index contributed by atoms with van der Waals surface area (Å²) in [6, 6.07) is 1.73. The Labute approximate surface area is 95.7 Å². The molecule has 84 valence electrons. The summed E-state index contributed by atoms with van der Waals surface area (Å²) >= 11 is 1.41. The number of nitrogens with one attached hydrogen (secondary N) is 1. The van der Waals surface area contributed by atoms with Crippen LogP contribution in [0.15, 0.2) is 22.6 Å². The van der Waals surface area contributed by atoms with Crippen LogP contribution in [0.25, 0.3) is 10.2 Å². The summed E-state index contributed by atoms with van der Waals surface area (Å²) in [5.74, 6) is -0.180. The van der Waals surface area contributed by atoms with E-state index in [9.17, 15) is 9.59 Å². The Kier molecular flexibility index (Phi) is 3.00. The van der Waals surface area contributed by atoms with Gasteiger partial charge in [-0.2, -0.15) is 0 Å². The van der Waals surface area contributed by atoms with Crippen LogP contribution in [0, 0.1) is 0 Å². The Morgan fingerprint density at radius 3 is 3.19 bits per heavy atom. The third-order valence-corrected chi connectivity index (χ3v) is 2.96. The molecule has 1 N–H and O–H groups in total. The van der Waals surface area contributed by atoms with E-state index in [-0.39, 0.29) is 18.0 Å². The van der Waals surface area contributed by atoms with Crippen LogP contribution in [-0.2, 0) is 11.3 Å². The molecule has 0 radical (unpaired) electrons. The highest BCUT2D eigenvalue weighted by molar-refractivity contribution is 7.16. The molecule has 6 heteroatoms. The lowest BCUT2D eigenvalue weighted by Crippen LogP contribution is -2.32. The van der Waals surface area contributed by atoms with Crippen LogP contribution < -0.4 is 10.9 Å². The maximum Gasteiger partial charge on any atom is 0.262 e. The van der Waals surface area contributed by atoms with Crippen molar-refractivity contribution in [1.29, 1.82) is 0 Å². The Morgan fingerprint density at radius 1 is 1.62 bits per heavy atom. The lowest BCUT2D eigenvalue weighted by atomic mass is 10.4. The normalized spacial score (nSPS) is 10.6. The van der Waals surface area contributed by atoms with Gasteiger partial charge in [0.1, 0.15) is 11.4 Å². The van der Waals surface area contributed by atoms with Gasteiger partial charge in [0.05, 0.1) is 11.7 Å². The Morgan fingerprint density at radius 2 is 2.44 bits per heavy atom. The van der Waals surface area contributed by atoms with Crippen molar-refractivity contribution in [2.24, 2.45) is 0 Å². The van der Waals surface area contributed by atoms with E-state index < -0.39 is 0 Å². The molecule has 0 saturated heterocycles. The number of hydrogen-bond donors (Lipinski definition) is 1. The molecule has 2 aromatic heterocycles. The maximum atomic E-state index is 11.9. The molecule has 0 atom stereocenters. The number of aromatic nitrogens is 2. The number of carbonyl (C=O) groups is 1. The summed E-state index contributed by atoms with van der Waals surface area (Å²) in [5, 5.41) is 5.02. The van der Waals surface area contributed by atoms with Crippen LogP contribution in [0.3, 0.4) is 0 Å². The second-order valence-corrected chi connectivity index (χ2v) is 4.17. The van der Waals surface area contributed by atoms with Gasteiger partial charge in [-0.25, -0.2) is 4.98 Å². The molecule has 2 rings (SSSR count). The van der Waals surface area contributed by atoms with Gasteiger partial charge in [0.2, 0.25) is 5.91 Å². The zero-order valence-electron chi connectivity index (χ0n) is 8.77. The van der Waals surface area contributed by atoms with Crippen LogP contribution >= 0.6 is 11.3 Å². The van der Waals surface area contributed by atoms with E-state index in [0.29, 0.717) is 16.8 Å². The van der Waals surface area contributed by atoms with Crippen molar-refractivity contribution in [2.45, 2.75) is 13.5 Å². The zero-order valence-corrected chi connectivity index (χ0v) is 9.58. The van der Waals surface area contributed by atoms with Gasteiger partial charge in [-0.05, 0) is 18.4 Å². The van der Waals surface area contributed by atoms with E-state index in [4.69, 9.17) is 0 Å². The fourth-order valence-corrected chi connectivity index (χ4v) is 2.14. The molecule has 0 aliphatic heterocycles. The van der Waals surface area contributed by atoms with E-state index in [1.807, 2.05) is 12.3 Å². The smallest absolute Gasteiger partial charge is 0.262 e. The van der Waals surface area contributed by atoms with Gasteiger partial charge in [0.25, 0.3) is 5.56 Å². The van der Waals surface area contributed by atoms with Gasteiger partial charge < -0.3 is 5.32 Å². The van der Waals surface area contributed by atoms with Gasteiger partial charge in [0.15, 0.2) is 0 Å². The molecule has 0 aliphatic rings. The first-order chi connectivity index (χ1) is 7.72. The number of hydrogen-bond acceptors (Lipinski definition) is 4. The number of nitrogens with zero attached hydrogens (tertiary/aromatic N) is 2. The minimum Gasteiger partial charge on any atom is -0.355 e. The summed E-state index contributed by atoms with van der Waals surface area (Å²) in [7, 11) is 0. The van der Waals surface area contributed by atoms with E-state index in [0.717, 1.165) is 0 Å². The molecule has 0 spiro atoms. The molecule has 0 saturated carbocycles. The Hall–Kier alpha value is -1.69. The molecule has 0 bridgehead atoms. The van der Waals surface area contributed by atoms with E-state index in [1.165, 1.54) is 22.2 Å². The molecular weight excluding hydrogens is 226 g/mol. The number of amides is 1. The molecule has 0 unspecified atom stereocenters. The minimum absolute atomic E-state index is 0.0193.